The monoisotopic (exact) mass is 359 g/mol. The third-order valence-electron chi connectivity index (χ3n) is 4.69. The van der Waals surface area contributed by atoms with Crippen molar-refractivity contribution in [2.45, 2.75) is 60.2 Å². The Balaban J connectivity index is 1.65. The van der Waals surface area contributed by atoms with Crippen molar-refractivity contribution < 1.29 is 9.32 Å². The number of hydrogen-bond donors (Lipinski definition) is 1. The molecule has 7 nitrogen and oxygen atoms in total. The molecule has 26 heavy (non-hydrogen) atoms. The van der Waals surface area contributed by atoms with E-state index in [0.29, 0.717) is 35.9 Å². The van der Waals surface area contributed by atoms with Crippen molar-refractivity contribution in [3.63, 3.8) is 0 Å². The molecule has 0 unspecified atom stereocenters. The summed E-state index contributed by atoms with van der Waals surface area (Å²) in [6, 6.07) is 2.11. The lowest BCUT2D eigenvalue weighted by atomic mass is 10.1. The maximum absolute atomic E-state index is 12.5. The lowest BCUT2D eigenvalue weighted by molar-refractivity contribution is 0.0948. The summed E-state index contributed by atoms with van der Waals surface area (Å²) in [5, 5.41) is 11.6. The summed E-state index contributed by atoms with van der Waals surface area (Å²) in [7, 11) is 0. The lowest BCUT2D eigenvalue weighted by Crippen LogP contribution is -2.27. The van der Waals surface area contributed by atoms with E-state index in [2.05, 4.69) is 45.1 Å². The number of aromatic nitrogens is 3. The van der Waals surface area contributed by atoms with E-state index in [4.69, 9.17) is 4.52 Å². The number of amides is 1. The van der Waals surface area contributed by atoms with Crippen LogP contribution in [0.5, 0.6) is 0 Å². The zero-order valence-electron chi connectivity index (χ0n) is 16.2. The Morgan fingerprint density at radius 1 is 1.38 bits per heavy atom. The van der Waals surface area contributed by atoms with Crippen LogP contribution in [-0.4, -0.2) is 38.8 Å². The summed E-state index contributed by atoms with van der Waals surface area (Å²) in [5.41, 5.74) is 3.37. The highest BCUT2D eigenvalue weighted by Crippen LogP contribution is 2.16. The zero-order chi connectivity index (χ0) is 18.7. The summed E-state index contributed by atoms with van der Waals surface area (Å²) >= 11 is 0. The Morgan fingerprint density at radius 3 is 2.92 bits per heavy atom. The molecule has 0 fully saturated rings. The summed E-state index contributed by atoms with van der Waals surface area (Å²) in [5.74, 6) is 1.07. The van der Waals surface area contributed by atoms with E-state index in [9.17, 15) is 4.79 Å². The average Bonchev–Trinajstić information content (AvgIpc) is 3.10. The molecule has 0 radical (unpaired) electrons. The molecule has 3 rings (SSSR count). The molecule has 2 aromatic rings. The molecule has 142 valence electrons. The minimum atomic E-state index is -0.148. The van der Waals surface area contributed by atoms with Gasteiger partial charge in [-0.2, -0.15) is 5.10 Å². The molecule has 0 aromatic carbocycles. The summed E-state index contributed by atoms with van der Waals surface area (Å²) in [6.45, 7) is 12.7. The third-order valence-corrected chi connectivity index (χ3v) is 4.69. The van der Waals surface area contributed by atoms with Gasteiger partial charge in [-0.05, 0) is 31.7 Å². The van der Waals surface area contributed by atoms with Crippen LogP contribution < -0.4 is 5.32 Å². The van der Waals surface area contributed by atoms with Crippen LogP contribution in [0.1, 0.15) is 60.4 Å². The highest BCUT2D eigenvalue weighted by atomic mass is 16.5. The topological polar surface area (TPSA) is 76.2 Å². The molecule has 0 saturated carbocycles. The van der Waals surface area contributed by atoms with Gasteiger partial charge in [0.15, 0.2) is 0 Å². The first-order valence-corrected chi connectivity index (χ1v) is 9.49. The second-order valence-corrected chi connectivity index (χ2v) is 7.43. The molecule has 1 N–H and O–H groups in total. The van der Waals surface area contributed by atoms with Gasteiger partial charge in [0, 0.05) is 26.2 Å². The molecule has 3 heterocycles. The number of nitrogens with one attached hydrogen (secondary N) is 1. The van der Waals surface area contributed by atoms with Crippen molar-refractivity contribution in [3.8, 4) is 0 Å². The van der Waals surface area contributed by atoms with E-state index in [0.717, 1.165) is 38.3 Å². The van der Waals surface area contributed by atoms with Crippen LogP contribution in [0.15, 0.2) is 10.6 Å². The summed E-state index contributed by atoms with van der Waals surface area (Å²) in [4.78, 5) is 15.0. The van der Waals surface area contributed by atoms with E-state index in [1.807, 2.05) is 6.92 Å². The van der Waals surface area contributed by atoms with Crippen LogP contribution in [0.2, 0.25) is 0 Å². The average molecular weight is 359 g/mol. The second-order valence-electron chi connectivity index (χ2n) is 7.43. The standard InChI is InChI=1S/C19H29N5O2/c1-5-17-18(14(4)26-22-17)19(25)20-10-15-9-16-12-23(11-13(2)3)7-6-8-24(16)21-15/h9,13H,5-8,10-12H2,1-4H3,(H,20,25). The van der Waals surface area contributed by atoms with Gasteiger partial charge in [0.05, 0.1) is 23.6 Å². The predicted molar refractivity (Wildman–Crippen MR) is 98.7 cm³/mol. The molecule has 0 bridgehead atoms. The van der Waals surface area contributed by atoms with Gasteiger partial charge in [-0.1, -0.05) is 25.9 Å². The minimum Gasteiger partial charge on any atom is -0.361 e. The first-order chi connectivity index (χ1) is 12.5. The Labute approximate surface area is 154 Å². The SMILES string of the molecule is CCc1noc(C)c1C(=O)NCc1cc2n(n1)CCCN(CC(C)C)C2. The van der Waals surface area contributed by atoms with Gasteiger partial charge in [-0.3, -0.25) is 14.4 Å². The van der Waals surface area contributed by atoms with Gasteiger partial charge in [0.25, 0.3) is 5.91 Å². The molecule has 0 atom stereocenters. The number of carbonyl (C=O) groups is 1. The smallest absolute Gasteiger partial charge is 0.257 e. The summed E-state index contributed by atoms with van der Waals surface area (Å²) < 4.78 is 7.23. The van der Waals surface area contributed by atoms with Gasteiger partial charge in [0.1, 0.15) is 11.3 Å². The fourth-order valence-corrected chi connectivity index (χ4v) is 3.56. The van der Waals surface area contributed by atoms with E-state index >= 15 is 0 Å². The Morgan fingerprint density at radius 2 is 2.19 bits per heavy atom. The van der Waals surface area contributed by atoms with Crippen molar-refractivity contribution in [2.75, 3.05) is 13.1 Å². The van der Waals surface area contributed by atoms with Gasteiger partial charge in [-0.25, -0.2) is 0 Å². The zero-order valence-corrected chi connectivity index (χ0v) is 16.2. The lowest BCUT2D eigenvalue weighted by Gasteiger charge is -2.21. The van der Waals surface area contributed by atoms with E-state index in [1.165, 1.54) is 5.69 Å². The van der Waals surface area contributed by atoms with Crippen LogP contribution in [0, 0.1) is 12.8 Å². The Hall–Kier alpha value is -2.15. The first-order valence-electron chi connectivity index (χ1n) is 9.49. The molecular formula is C19H29N5O2. The number of aryl methyl sites for hydroxylation is 3. The number of carbonyl (C=O) groups excluding carboxylic acids is 1. The maximum Gasteiger partial charge on any atom is 0.257 e. The van der Waals surface area contributed by atoms with Crippen LogP contribution >= 0.6 is 0 Å². The minimum absolute atomic E-state index is 0.148. The molecule has 2 aromatic heterocycles. The molecular weight excluding hydrogens is 330 g/mol. The van der Waals surface area contributed by atoms with Crippen LogP contribution in [0.3, 0.4) is 0 Å². The van der Waals surface area contributed by atoms with Crippen molar-refractivity contribution in [1.82, 2.24) is 25.2 Å². The maximum atomic E-state index is 12.5. The summed E-state index contributed by atoms with van der Waals surface area (Å²) in [6.07, 6.45) is 1.78. The molecule has 0 aliphatic carbocycles. The fourth-order valence-electron chi connectivity index (χ4n) is 3.56. The van der Waals surface area contributed by atoms with Crippen molar-refractivity contribution in [1.29, 1.82) is 0 Å². The Bertz CT molecular complexity index is 762. The quantitative estimate of drug-likeness (QED) is 0.858. The van der Waals surface area contributed by atoms with Gasteiger partial charge >= 0.3 is 0 Å². The highest BCUT2D eigenvalue weighted by molar-refractivity contribution is 5.96. The third kappa shape index (κ3) is 4.15. The number of rotatable bonds is 6. The molecule has 7 heteroatoms. The second kappa shape index (κ2) is 8.03. The van der Waals surface area contributed by atoms with Gasteiger partial charge in [-0.15, -0.1) is 0 Å². The Kier molecular flexibility index (Phi) is 5.76. The van der Waals surface area contributed by atoms with Crippen LogP contribution in [0.4, 0.5) is 0 Å². The first kappa shape index (κ1) is 18.6. The van der Waals surface area contributed by atoms with Crippen LogP contribution in [0.25, 0.3) is 0 Å². The normalized spacial score (nSPS) is 15.1. The molecule has 1 aliphatic heterocycles. The van der Waals surface area contributed by atoms with Crippen molar-refractivity contribution >= 4 is 5.91 Å². The number of nitrogens with zero attached hydrogens (tertiary/aromatic N) is 4. The van der Waals surface area contributed by atoms with Crippen molar-refractivity contribution in [3.05, 3.63) is 34.5 Å². The fraction of sp³-hybridized carbons (Fsp3) is 0.632. The molecule has 0 spiro atoms. The van der Waals surface area contributed by atoms with E-state index in [1.54, 1.807) is 6.92 Å². The van der Waals surface area contributed by atoms with Gasteiger partial charge in [0.2, 0.25) is 0 Å². The molecule has 0 saturated heterocycles. The predicted octanol–water partition coefficient (Wildman–Crippen LogP) is 2.53. The van der Waals surface area contributed by atoms with Crippen molar-refractivity contribution in [2.24, 2.45) is 5.92 Å². The van der Waals surface area contributed by atoms with Gasteiger partial charge < -0.3 is 9.84 Å². The highest BCUT2D eigenvalue weighted by Gasteiger charge is 2.20. The largest absolute Gasteiger partial charge is 0.361 e. The number of hydrogen-bond acceptors (Lipinski definition) is 5. The van der Waals surface area contributed by atoms with E-state index < -0.39 is 0 Å². The van der Waals surface area contributed by atoms with E-state index in [-0.39, 0.29) is 5.91 Å². The number of fused-ring (bicyclic) bond motifs is 1. The molecule has 1 aliphatic rings. The van der Waals surface area contributed by atoms with Crippen LogP contribution in [-0.2, 0) is 26.1 Å². The molecule has 1 amide bonds.